The van der Waals surface area contributed by atoms with Crippen LogP contribution in [0, 0.1) is 5.82 Å². The van der Waals surface area contributed by atoms with Crippen LogP contribution in [0.25, 0.3) is 0 Å². The molecule has 0 heterocycles. The zero-order valence-electron chi connectivity index (χ0n) is 8.17. The number of hydrogen-bond donors (Lipinski definition) is 2. The Labute approximate surface area is 82.3 Å². The lowest BCUT2D eigenvalue weighted by atomic mass is 10.1. The molecule has 1 unspecified atom stereocenters. The van der Waals surface area contributed by atoms with Crippen LogP contribution in [0.3, 0.4) is 0 Å². The number of rotatable bonds is 3. The zero-order chi connectivity index (χ0) is 10.6. The lowest BCUT2D eigenvalue weighted by Crippen LogP contribution is -2.34. The van der Waals surface area contributed by atoms with Gasteiger partial charge in [0.15, 0.2) is 0 Å². The fourth-order valence-electron chi connectivity index (χ4n) is 1.28. The molecule has 1 rings (SSSR count). The highest BCUT2D eigenvalue weighted by molar-refractivity contribution is 5.82. The van der Waals surface area contributed by atoms with E-state index in [2.05, 4.69) is 10.6 Å². The molecule has 0 bridgehead atoms. The van der Waals surface area contributed by atoms with Crippen LogP contribution in [0.2, 0.25) is 0 Å². The van der Waals surface area contributed by atoms with E-state index in [4.69, 9.17) is 0 Å². The van der Waals surface area contributed by atoms with Gasteiger partial charge in [-0.1, -0.05) is 18.2 Å². The van der Waals surface area contributed by atoms with Crippen molar-refractivity contribution in [3.05, 3.63) is 35.6 Å². The van der Waals surface area contributed by atoms with Gasteiger partial charge in [0.2, 0.25) is 5.91 Å². The van der Waals surface area contributed by atoms with Crippen LogP contribution in [0.5, 0.6) is 0 Å². The van der Waals surface area contributed by atoms with Crippen molar-refractivity contribution in [1.29, 1.82) is 0 Å². The molecule has 14 heavy (non-hydrogen) atoms. The molecule has 76 valence electrons. The molecule has 0 saturated carbocycles. The van der Waals surface area contributed by atoms with Crippen LogP contribution in [0.1, 0.15) is 11.6 Å². The molecule has 3 nitrogen and oxygen atoms in total. The third-order valence-electron chi connectivity index (χ3n) is 2.01. The smallest absolute Gasteiger partial charge is 0.241 e. The summed E-state index contributed by atoms with van der Waals surface area (Å²) in [7, 11) is 3.14. The largest absolute Gasteiger partial charge is 0.358 e. The van der Waals surface area contributed by atoms with E-state index >= 15 is 0 Å². The summed E-state index contributed by atoms with van der Waals surface area (Å²) in [6.45, 7) is 0. The molecule has 1 atom stereocenters. The minimum atomic E-state index is -0.638. The molecule has 1 amide bonds. The third-order valence-corrected chi connectivity index (χ3v) is 2.01. The SMILES string of the molecule is CNC(=O)C(NC)c1ccccc1F. The molecule has 0 radical (unpaired) electrons. The number of amides is 1. The fourth-order valence-corrected chi connectivity index (χ4v) is 1.28. The molecule has 2 N–H and O–H groups in total. The minimum Gasteiger partial charge on any atom is -0.358 e. The monoisotopic (exact) mass is 196 g/mol. The Hall–Kier alpha value is -1.42. The van der Waals surface area contributed by atoms with Crippen LogP contribution < -0.4 is 10.6 Å². The fraction of sp³-hybridized carbons (Fsp3) is 0.300. The Morgan fingerprint density at radius 3 is 2.50 bits per heavy atom. The Bertz CT molecular complexity index is 328. The molecule has 0 saturated heterocycles. The quantitative estimate of drug-likeness (QED) is 0.752. The third kappa shape index (κ3) is 2.09. The second-order valence-corrected chi connectivity index (χ2v) is 2.86. The number of likely N-dealkylation sites (N-methyl/N-ethyl adjacent to an activating group) is 2. The lowest BCUT2D eigenvalue weighted by molar-refractivity contribution is -0.122. The predicted octanol–water partition coefficient (Wildman–Crippen LogP) is 0.832. The van der Waals surface area contributed by atoms with E-state index in [1.54, 1.807) is 25.2 Å². The van der Waals surface area contributed by atoms with Gasteiger partial charge < -0.3 is 10.6 Å². The zero-order valence-corrected chi connectivity index (χ0v) is 8.17. The summed E-state index contributed by atoms with van der Waals surface area (Å²) >= 11 is 0. The average Bonchev–Trinajstić information content (AvgIpc) is 2.21. The van der Waals surface area contributed by atoms with E-state index in [1.165, 1.54) is 13.1 Å². The summed E-state index contributed by atoms with van der Waals surface area (Å²) in [6.07, 6.45) is 0. The molecular formula is C10H13FN2O. The number of benzene rings is 1. The van der Waals surface area contributed by atoms with Crippen molar-refractivity contribution < 1.29 is 9.18 Å². The van der Waals surface area contributed by atoms with Crippen LogP contribution in [0.4, 0.5) is 4.39 Å². The maximum atomic E-state index is 13.3. The van der Waals surface area contributed by atoms with E-state index < -0.39 is 6.04 Å². The van der Waals surface area contributed by atoms with Gasteiger partial charge in [-0.25, -0.2) is 4.39 Å². The molecular weight excluding hydrogens is 183 g/mol. The average molecular weight is 196 g/mol. The van der Waals surface area contributed by atoms with Crippen LogP contribution in [-0.4, -0.2) is 20.0 Å². The first-order valence-corrected chi connectivity index (χ1v) is 4.34. The molecule has 0 aromatic heterocycles. The lowest BCUT2D eigenvalue weighted by Gasteiger charge is -2.15. The van der Waals surface area contributed by atoms with Crippen LogP contribution in [-0.2, 0) is 4.79 Å². The highest BCUT2D eigenvalue weighted by Gasteiger charge is 2.19. The van der Waals surface area contributed by atoms with E-state index in [0.29, 0.717) is 5.56 Å². The summed E-state index contributed by atoms with van der Waals surface area (Å²) in [4.78, 5) is 11.4. The molecule has 4 heteroatoms. The van der Waals surface area contributed by atoms with Crippen molar-refractivity contribution in [2.24, 2.45) is 0 Å². The van der Waals surface area contributed by atoms with Crippen molar-refractivity contribution in [2.45, 2.75) is 6.04 Å². The van der Waals surface area contributed by atoms with Gasteiger partial charge in [0.25, 0.3) is 0 Å². The second-order valence-electron chi connectivity index (χ2n) is 2.86. The Morgan fingerprint density at radius 1 is 1.36 bits per heavy atom. The Kier molecular flexibility index (Phi) is 3.59. The van der Waals surface area contributed by atoms with Gasteiger partial charge in [0, 0.05) is 12.6 Å². The Morgan fingerprint density at radius 2 is 2.00 bits per heavy atom. The van der Waals surface area contributed by atoms with Gasteiger partial charge in [-0.3, -0.25) is 4.79 Å². The standard InChI is InChI=1S/C10H13FN2O/c1-12-9(10(14)13-2)7-5-3-4-6-8(7)11/h3-6,9,12H,1-2H3,(H,13,14). The summed E-state index contributed by atoms with van der Waals surface area (Å²) in [5, 5.41) is 5.23. The summed E-state index contributed by atoms with van der Waals surface area (Å²) in [5.74, 6) is -0.631. The second kappa shape index (κ2) is 4.72. The minimum absolute atomic E-state index is 0.252. The van der Waals surface area contributed by atoms with Gasteiger partial charge in [-0.05, 0) is 13.1 Å². The number of halogens is 1. The van der Waals surface area contributed by atoms with Crippen LogP contribution >= 0.6 is 0 Å². The van der Waals surface area contributed by atoms with Crippen molar-refractivity contribution in [3.63, 3.8) is 0 Å². The van der Waals surface area contributed by atoms with Gasteiger partial charge in [0.1, 0.15) is 11.9 Å². The van der Waals surface area contributed by atoms with Crippen molar-refractivity contribution in [1.82, 2.24) is 10.6 Å². The van der Waals surface area contributed by atoms with Gasteiger partial charge >= 0.3 is 0 Å². The number of nitrogens with one attached hydrogen (secondary N) is 2. The maximum Gasteiger partial charge on any atom is 0.241 e. The number of carbonyl (C=O) groups is 1. The normalized spacial score (nSPS) is 12.2. The number of carbonyl (C=O) groups excluding carboxylic acids is 1. The van der Waals surface area contributed by atoms with Crippen molar-refractivity contribution >= 4 is 5.91 Å². The van der Waals surface area contributed by atoms with Gasteiger partial charge in [0.05, 0.1) is 0 Å². The van der Waals surface area contributed by atoms with Gasteiger partial charge in [-0.2, -0.15) is 0 Å². The van der Waals surface area contributed by atoms with Gasteiger partial charge in [-0.15, -0.1) is 0 Å². The Balaban J connectivity index is 3.01. The van der Waals surface area contributed by atoms with E-state index in [1.807, 2.05) is 0 Å². The van der Waals surface area contributed by atoms with E-state index in [-0.39, 0.29) is 11.7 Å². The molecule has 1 aromatic rings. The maximum absolute atomic E-state index is 13.3. The highest BCUT2D eigenvalue weighted by atomic mass is 19.1. The first-order chi connectivity index (χ1) is 6.70. The number of hydrogen-bond acceptors (Lipinski definition) is 2. The van der Waals surface area contributed by atoms with Crippen molar-refractivity contribution in [3.8, 4) is 0 Å². The molecule has 0 spiro atoms. The first-order valence-electron chi connectivity index (χ1n) is 4.34. The van der Waals surface area contributed by atoms with E-state index in [0.717, 1.165) is 0 Å². The molecule has 1 aromatic carbocycles. The first kappa shape index (κ1) is 10.7. The molecule has 0 aliphatic heterocycles. The summed E-state index contributed by atoms with van der Waals surface area (Å²) in [6, 6.07) is 5.58. The predicted molar refractivity (Wildman–Crippen MR) is 52.3 cm³/mol. The van der Waals surface area contributed by atoms with E-state index in [9.17, 15) is 9.18 Å². The topological polar surface area (TPSA) is 41.1 Å². The molecule has 0 aliphatic carbocycles. The summed E-state index contributed by atoms with van der Waals surface area (Å²) in [5.41, 5.74) is 0.356. The van der Waals surface area contributed by atoms with Crippen molar-refractivity contribution in [2.75, 3.05) is 14.1 Å². The summed E-state index contributed by atoms with van der Waals surface area (Å²) < 4.78 is 13.3. The van der Waals surface area contributed by atoms with Crippen LogP contribution in [0.15, 0.2) is 24.3 Å². The highest BCUT2D eigenvalue weighted by Crippen LogP contribution is 2.16. The molecule has 0 fully saturated rings. The molecule has 0 aliphatic rings.